The Morgan fingerprint density at radius 2 is 1.73 bits per heavy atom. The summed E-state index contributed by atoms with van der Waals surface area (Å²) in [7, 11) is 0. The van der Waals surface area contributed by atoms with E-state index in [1.807, 2.05) is 38.1 Å². The van der Waals surface area contributed by atoms with Crippen molar-refractivity contribution in [3.05, 3.63) is 65.7 Å². The number of rotatable bonds is 9. The van der Waals surface area contributed by atoms with E-state index >= 15 is 0 Å². The van der Waals surface area contributed by atoms with Gasteiger partial charge in [0.25, 0.3) is 5.91 Å². The average molecular weight is 354 g/mol. The molecule has 0 aliphatic heterocycles. The molecule has 2 N–H and O–H groups in total. The van der Waals surface area contributed by atoms with E-state index < -0.39 is 0 Å². The molecule has 0 fully saturated rings. The molecule has 0 bridgehead atoms. The normalized spacial score (nSPS) is 11.5. The Morgan fingerprint density at radius 1 is 1.04 bits per heavy atom. The monoisotopic (exact) mass is 354 g/mol. The van der Waals surface area contributed by atoms with Crippen LogP contribution in [0.3, 0.4) is 0 Å². The topological polar surface area (TPSA) is 67.4 Å². The maximum absolute atomic E-state index is 12.3. The lowest BCUT2D eigenvalue weighted by Crippen LogP contribution is -2.41. The molecule has 0 aliphatic rings. The average Bonchev–Trinajstić information content (AvgIpc) is 2.66. The second-order valence-corrected chi connectivity index (χ2v) is 6.10. The molecule has 0 saturated heterocycles. The lowest BCUT2D eigenvalue weighted by Gasteiger charge is -2.15. The smallest absolute Gasteiger partial charge is 0.255 e. The zero-order chi connectivity index (χ0) is 18.8. The highest BCUT2D eigenvalue weighted by atomic mass is 16.5. The lowest BCUT2D eigenvalue weighted by molar-refractivity contribution is -0.120. The van der Waals surface area contributed by atoms with Crippen LogP contribution in [0.1, 0.15) is 36.2 Å². The van der Waals surface area contributed by atoms with Gasteiger partial charge in [-0.3, -0.25) is 9.59 Å². The van der Waals surface area contributed by atoms with E-state index in [4.69, 9.17) is 4.74 Å². The van der Waals surface area contributed by atoms with E-state index in [0.29, 0.717) is 17.9 Å². The highest BCUT2D eigenvalue weighted by Gasteiger charge is 2.14. The van der Waals surface area contributed by atoms with Crippen molar-refractivity contribution in [3.8, 4) is 5.75 Å². The second-order valence-electron chi connectivity index (χ2n) is 6.10. The van der Waals surface area contributed by atoms with E-state index in [-0.39, 0.29) is 24.4 Å². The molecular formula is C21H26N2O3. The van der Waals surface area contributed by atoms with Crippen LogP contribution in [-0.4, -0.2) is 31.0 Å². The number of carbonyl (C=O) groups is 2. The van der Waals surface area contributed by atoms with Gasteiger partial charge in [0.2, 0.25) is 5.91 Å². The third-order valence-electron chi connectivity index (χ3n) is 3.96. The van der Waals surface area contributed by atoms with E-state index in [9.17, 15) is 9.59 Å². The number of carbonyl (C=O) groups excluding carboxylic acids is 2. The first-order valence-electron chi connectivity index (χ1n) is 8.93. The van der Waals surface area contributed by atoms with Crippen molar-refractivity contribution in [1.29, 1.82) is 0 Å². The van der Waals surface area contributed by atoms with E-state index in [1.165, 1.54) is 5.56 Å². The molecule has 2 aromatic carbocycles. The summed E-state index contributed by atoms with van der Waals surface area (Å²) < 4.78 is 5.44. The fourth-order valence-electron chi connectivity index (χ4n) is 2.62. The molecule has 1 atom stereocenters. The van der Waals surface area contributed by atoms with Gasteiger partial charge in [-0.15, -0.1) is 0 Å². The Morgan fingerprint density at radius 3 is 2.46 bits per heavy atom. The van der Waals surface area contributed by atoms with Crippen LogP contribution in [0.2, 0.25) is 0 Å². The SMILES string of the molecule is CCOc1ccccc1C(=O)NCC(=O)N[C@@H](C)CCc1ccccc1. The minimum absolute atomic E-state index is 0.0373. The number of para-hydroxylation sites is 1. The molecule has 0 unspecified atom stereocenters. The van der Waals surface area contributed by atoms with E-state index in [2.05, 4.69) is 22.8 Å². The van der Waals surface area contributed by atoms with Gasteiger partial charge in [0.05, 0.1) is 18.7 Å². The van der Waals surface area contributed by atoms with Crippen molar-refractivity contribution >= 4 is 11.8 Å². The Hall–Kier alpha value is -2.82. The van der Waals surface area contributed by atoms with Gasteiger partial charge in [0.1, 0.15) is 5.75 Å². The van der Waals surface area contributed by atoms with Crippen molar-refractivity contribution in [1.82, 2.24) is 10.6 Å². The van der Waals surface area contributed by atoms with Gasteiger partial charge in [0.15, 0.2) is 0 Å². The first-order valence-corrected chi connectivity index (χ1v) is 8.93. The Labute approximate surface area is 154 Å². The molecule has 2 rings (SSSR count). The first kappa shape index (κ1) is 19.5. The molecule has 0 aliphatic carbocycles. The fraction of sp³-hybridized carbons (Fsp3) is 0.333. The molecule has 5 heteroatoms. The van der Waals surface area contributed by atoms with Crippen LogP contribution in [0.5, 0.6) is 5.75 Å². The summed E-state index contributed by atoms with van der Waals surface area (Å²) in [5.74, 6) is -0.00178. The Balaban J connectivity index is 1.76. The fourth-order valence-corrected chi connectivity index (χ4v) is 2.62. The van der Waals surface area contributed by atoms with Gasteiger partial charge in [0, 0.05) is 6.04 Å². The molecule has 2 aromatic rings. The summed E-state index contributed by atoms with van der Waals surface area (Å²) in [6.45, 7) is 4.24. The number of ether oxygens (including phenoxy) is 1. The minimum atomic E-state index is -0.318. The summed E-state index contributed by atoms with van der Waals surface area (Å²) in [5, 5.41) is 5.56. The number of amides is 2. The van der Waals surface area contributed by atoms with Crippen LogP contribution in [-0.2, 0) is 11.2 Å². The second kappa shape index (κ2) is 10.2. The van der Waals surface area contributed by atoms with Gasteiger partial charge in [-0.1, -0.05) is 42.5 Å². The maximum atomic E-state index is 12.3. The molecule has 0 aromatic heterocycles. The summed E-state index contributed by atoms with van der Waals surface area (Å²) in [4.78, 5) is 24.3. The van der Waals surface area contributed by atoms with Gasteiger partial charge in [-0.05, 0) is 44.4 Å². The summed E-state index contributed by atoms with van der Waals surface area (Å²) in [6, 6.07) is 17.2. The number of hydrogen-bond donors (Lipinski definition) is 2. The van der Waals surface area contributed by atoms with E-state index in [1.54, 1.807) is 18.2 Å². The quantitative estimate of drug-likeness (QED) is 0.727. The van der Waals surface area contributed by atoms with Crippen LogP contribution in [0, 0.1) is 0 Å². The molecule has 5 nitrogen and oxygen atoms in total. The molecule has 0 radical (unpaired) electrons. The minimum Gasteiger partial charge on any atom is -0.493 e. The van der Waals surface area contributed by atoms with Crippen LogP contribution in [0.15, 0.2) is 54.6 Å². The molecule has 138 valence electrons. The molecule has 0 spiro atoms. The van der Waals surface area contributed by atoms with Gasteiger partial charge in [-0.25, -0.2) is 0 Å². The van der Waals surface area contributed by atoms with Crippen LogP contribution < -0.4 is 15.4 Å². The first-order chi connectivity index (χ1) is 12.6. The zero-order valence-corrected chi connectivity index (χ0v) is 15.3. The van der Waals surface area contributed by atoms with Crippen LogP contribution in [0.25, 0.3) is 0 Å². The number of nitrogens with one attached hydrogen (secondary N) is 2. The molecular weight excluding hydrogens is 328 g/mol. The Bertz CT molecular complexity index is 716. The maximum Gasteiger partial charge on any atom is 0.255 e. The van der Waals surface area contributed by atoms with E-state index in [0.717, 1.165) is 12.8 Å². The van der Waals surface area contributed by atoms with Crippen molar-refractivity contribution in [2.24, 2.45) is 0 Å². The highest BCUT2D eigenvalue weighted by Crippen LogP contribution is 2.17. The van der Waals surface area contributed by atoms with Crippen molar-refractivity contribution in [3.63, 3.8) is 0 Å². The molecule has 0 saturated carbocycles. The largest absolute Gasteiger partial charge is 0.493 e. The molecule has 0 heterocycles. The summed E-state index contributed by atoms with van der Waals surface area (Å²) in [5.41, 5.74) is 1.67. The van der Waals surface area contributed by atoms with Crippen LogP contribution >= 0.6 is 0 Å². The van der Waals surface area contributed by atoms with Crippen molar-refractivity contribution in [2.45, 2.75) is 32.7 Å². The highest BCUT2D eigenvalue weighted by molar-refractivity contribution is 5.98. The van der Waals surface area contributed by atoms with Crippen molar-refractivity contribution < 1.29 is 14.3 Å². The number of benzene rings is 2. The number of aryl methyl sites for hydroxylation is 1. The summed E-state index contributed by atoms with van der Waals surface area (Å²) >= 11 is 0. The molecule has 2 amide bonds. The lowest BCUT2D eigenvalue weighted by atomic mass is 10.1. The third-order valence-corrected chi connectivity index (χ3v) is 3.96. The number of hydrogen-bond acceptors (Lipinski definition) is 3. The van der Waals surface area contributed by atoms with Gasteiger partial charge in [-0.2, -0.15) is 0 Å². The predicted molar refractivity (Wildman–Crippen MR) is 102 cm³/mol. The van der Waals surface area contributed by atoms with Gasteiger partial charge < -0.3 is 15.4 Å². The summed E-state index contributed by atoms with van der Waals surface area (Å²) in [6.07, 6.45) is 1.74. The predicted octanol–water partition coefficient (Wildman–Crippen LogP) is 2.95. The standard InChI is InChI=1S/C21H26N2O3/c1-3-26-19-12-8-7-11-18(19)21(25)22-15-20(24)23-16(2)13-14-17-9-5-4-6-10-17/h4-12,16H,3,13-15H2,1-2H3,(H,22,25)(H,23,24)/t16-/m0/s1. The van der Waals surface area contributed by atoms with Crippen LogP contribution in [0.4, 0.5) is 0 Å². The molecule has 26 heavy (non-hydrogen) atoms. The Kier molecular flexibility index (Phi) is 7.68. The van der Waals surface area contributed by atoms with Crippen molar-refractivity contribution in [2.75, 3.05) is 13.2 Å². The third kappa shape index (κ3) is 6.24. The van der Waals surface area contributed by atoms with Gasteiger partial charge >= 0.3 is 0 Å². The zero-order valence-electron chi connectivity index (χ0n) is 15.3.